The number of carbonyl (C=O) groups excluding carboxylic acids is 1. The average molecular weight is 405 g/mol. The predicted molar refractivity (Wildman–Crippen MR) is 98.7 cm³/mol. The molecule has 0 unspecified atom stereocenters. The van der Waals surface area contributed by atoms with Crippen molar-refractivity contribution in [3.05, 3.63) is 35.2 Å². The van der Waals surface area contributed by atoms with Gasteiger partial charge in [0.1, 0.15) is 29.1 Å². The molecule has 9 heteroatoms. The molecule has 2 aromatic heterocycles. The zero-order chi connectivity index (χ0) is 17.8. The largest absolute Gasteiger partial charge is 0.492 e. The maximum atomic E-state index is 11.1. The Balaban J connectivity index is 1.60. The fourth-order valence-corrected chi connectivity index (χ4v) is 2.98. The molecule has 0 saturated carbocycles. The molecule has 1 aromatic carbocycles. The van der Waals surface area contributed by atoms with E-state index in [1.807, 2.05) is 25.2 Å². The molecule has 8 nitrogen and oxygen atoms in total. The number of halogens is 1. The van der Waals surface area contributed by atoms with Gasteiger partial charge in [-0.05, 0) is 28.1 Å². The molecule has 2 N–H and O–H groups in total. The molecule has 0 aliphatic rings. The Morgan fingerprint density at radius 2 is 2.20 bits per heavy atom. The zero-order valence-electron chi connectivity index (χ0n) is 13.8. The lowest BCUT2D eigenvalue weighted by atomic mass is 10.3. The minimum absolute atomic E-state index is 0.117. The Morgan fingerprint density at radius 3 is 3.00 bits per heavy atom. The van der Waals surface area contributed by atoms with Gasteiger partial charge in [-0.1, -0.05) is 6.07 Å². The van der Waals surface area contributed by atoms with Crippen molar-refractivity contribution in [1.29, 1.82) is 0 Å². The van der Waals surface area contributed by atoms with Crippen LogP contribution in [0, 0.1) is 0 Å². The van der Waals surface area contributed by atoms with E-state index < -0.39 is 0 Å². The summed E-state index contributed by atoms with van der Waals surface area (Å²) >= 11 is 3.42. The first-order valence-corrected chi connectivity index (χ1v) is 8.41. The molecule has 0 radical (unpaired) electrons. The number of nitrogens with zero attached hydrogens (tertiary/aromatic N) is 4. The van der Waals surface area contributed by atoms with Gasteiger partial charge in [-0.15, -0.1) is 0 Å². The van der Waals surface area contributed by atoms with Crippen molar-refractivity contribution in [3.8, 4) is 5.75 Å². The maximum absolute atomic E-state index is 11.1. The molecule has 1 amide bonds. The zero-order valence-corrected chi connectivity index (χ0v) is 15.4. The molecule has 130 valence electrons. The van der Waals surface area contributed by atoms with E-state index in [2.05, 4.69) is 41.6 Å². The van der Waals surface area contributed by atoms with Gasteiger partial charge in [-0.25, -0.2) is 14.6 Å². The molecule has 0 saturated heterocycles. The number of amides is 1. The Bertz CT molecular complexity index is 911. The summed E-state index contributed by atoms with van der Waals surface area (Å²) < 4.78 is 8.09. The highest BCUT2D eigenvalue weighted by Crippen LogP contribution is 2.26. The highest BCUT2D eigenvalue weighted by molar-refractivity contribution is 9.10. The lowest BCUT2D eigenvalue weighted by Crippen LogP contribution is -2.13. The van der Waals surface area contributed by atoms with Crippen LogP contribution in [0.3, 0.4) is 0 Å². The maximum Gasteiger partial charge on any atom is 0.221 e. The van der Waals surface area contributed by atoms with Gasteiger partial charge in [0.25, 0.3) is 0 Å². The Morgan fingerprint density at radius 1 is 1.36 bits per heavy atom. The summed E-state index contributed by atoms with van der Waals surface area (Å²) in [6.45, 7) is 2.46. The van der Waals surface area contributed by atoms with Crippen LogP contribution in [0.1, 0.15) is 6.92 Å². The highest BCUT2D eigenvalue weighted by atomic mass is 79.9. The first kappa shape index (κ1) is 17.2. The second kappa shape index (κ2) is 7.47. The van der Waals surface area contributed by atoms with Crippen molar-refractivity contribution in [2.24, 2.45) is 7.05 Å². The van der Waals surface area contributed by atoms with E-state index in [0.717, 1.165) is 11.0 Å². The molecule has 0 aliphatic heterocycles. The quantitative estimate of drug-likeness (QED) is 0.613. The van der Waals surface area contributed by atoms with Crippen LogP contribution < -0.4 is 15.4 Å². The van der Waals surface area contributed by atoms with Crippen LogP contribution in [0.5, 0.6) is 5.75 Å². The van der Waals surface area contributed by atoms with Crippen molar-refractivity contribution in [2.75, 3.05) is 23.8 Å². The molecule has 0 bridgehead atoms. The number of fused-ring (bicyclic) bond motifs is 1. The number of rotatable bonds is 6. The molecular formula is C16H17BrN6O2. The van der Waals surface area contributed by atoms with Crippen molar-refractivity contribution < 1.29 is 9.53 Å². The number of anilines is 2. The van der Waals surface area contributed by atoms with Gasteiger partial charge in [-0.2, -0.15) is 5.10 Å². The fraction of sp³-hybridized carbons (Fsp3) is 0.250. The summed E-state index contributed by atoms with van der Waals surface area (Å²) in [6, 6.07) is 7.26. The SMILES string of the molecule is CC(=O)Nc1cccc(OCCNc2ncnc3c2c(Br)nn3C)c1. The van der Waals surface area contributed by atoms with Crippen LogP contribution >= 0.6 is 15.9 Å². The summed E-state index contributed by atoms with van der Waals surface area (Å²) in [7, 11) is 1.83. The number of benzene rings is 1. The highest BCUT2D eigenvalue weighted by Gasteiger charge is 2.12. The third-order valence-electron chi connectivity index (χ3n) is 3.40. The number of ether oxygens (including phenoxy) is 1. The Hall–Kier alpha value is -2.68. The molecule has 25 heavy (non-hydrogen) atoms. The molecule has 0 atom stereocenters. The molecule has 2 heterocycles. The third-order valence-corrected chi connectivity index (χ3v) is 3.95. The minimum atomic E-state index is -0.117. The normalized spacial score (nSPS) is 10.7. The molecule has 0 fully saturated rings. The molecule has 0 aliphatic carbocycles. The second-order valence-electron chi connectivity index (χ2n) is 5.32. The standard InChI is InChI=1S/C16H17BrN6O2/c1-10(24)21-11-4-3-5-12(8-11)25-7-6-18-15-13-14(17)22-23(2)16(13)20-9-19-15/h3-5,8-9H,6-7H2,1-2H3,(H,21,24)(H,18,19,20). The lowest BCUT2D eigenvalue weighted by Gasteiger charge is -2.10. The van der Waals surface area contributed by atoms with Crippen LogP contribution in [-0.4, -0.2) is 38.8 Å². The van der Waals surface area contributed by atoms with Gasteiger partial charge in [0.15, 0.2) is 5.65 Å². The van der Waals surface area contributed by atoms with Crippen molar-refractivity contribution in [3.63, 3.8) is 0 Å². The number of aromatic nitrogens is 4. The van der Waals surface area contributed by atoms with E-state index in [1.165, 1.54) is 13.3 Å². The van der Waals surface area contributed by atoms with Gasteiger partial charge < -0.3 is 15.4 Å². The van der Waals surface area contributed by atoms with Gasteiger partial charge >= 0.3 is 0 Å². The van der Waals surface area contributed by atoms with Crippen molar-refractivity contribution >= 4 is 44.4 Å². The second-order valence-corrected chi connectivity index (χ2v) is 6.07. The van der Waals surface area contributed by atoms with E-state index in [-0.39, 0.29) is 5.91 Å². The third kappa shape index (κ3) is 4.05. The smallest absolute Gasteiger partial charge is 0.221 e. The van der Waals surface area contributed by atoms with E-state index >= 15 is 0 Å². The number of hydrogen-bond acceptors (Lipinski definition) is 6. The van der Waals surface area contributed by atoms with Crippen LogP contribution in [0.25, 0.3) is 11.0 Å². The summed E-state index contributed by atoms with van der Waals surface area (Å²) in [5.74, 6) is 1.26. The van der Waals surface area contributed by atoms with Gasteiger partial charge in [0, 0.05) is 25.7 Å². The topological polar surface area (TPSA) is 94.0 Å². The molecule has 0 spiro atoms. The summed E-state index contributed by atoms with van der Waals surface area (Å²) in [4.78, 5) is 19.6. The van der Waals surface area contributed by atoms with E-state index in [9.17, 15) is 4.79 Å². The average Bonchev–Trinajstić information content (AvgIpc) is 2.87. The number of carbonyl (C=O) groups is 1. The lowest BCUT2D eigenvalue weighted by molar-refractivity contribution is -0.114. The summed E-state index contributed by atoms with van der Waals surface area (Å²) in [6.07, 6.45) is 1.50. The van der Waals surface area contributed by atoms with E-state index in [4.69, 9.17) is 4.74 Å². The molecular weight excluding hydrogens is 388 g/mol. The number of nitrogens with one attached hydrogen (secondary N) is 2. The molecule has 3 aromatic rings. The van der Waals surface area contributed by atoms with Crippen LogP contribution in [0.4, 0.5) is 11.5 Å². The first-order chi connectivity index (χ1) is 12.0. The first-order valence-electron chi connectivity index (χ1n) is 7.62. The van der Waals surface area contributed by atoms with Gasteiger partial charge in [0.2, 0.25) is 5.91 Å². The molecule has 3 rings (SSSR count). The van der Waals surface area contributed by atoms with Crippen LogP contribution in [-0.2, 0) is 11.8 Å². The Labute approximate surface area is 152 Å². The van der Waals surface area contributed by atoms with Crippen LogP contribution in [0.15, 0.2) is 35.2 Å². The van der Waals surface area contributed by atoms with E-state index in [0.29, 0.717) is 35.0 Å². The fourth-order valence-electron chi connectivity index (χ4n) is 2.38. The van der Waals surface area contributed by atoms with Crippen molar-refractivity contribution in [2.45, 2.75) is 6.92 Å². The number of aryl methyl sites for hydroxylation is 1. The van der Waals surface area contributed by atoms with E-state index in [1.54, 1.807) is 10.7 Å². The minimum Gasteiger partial charge on any atom is -0.492 e. The predicted octanol–water partition coefficient (Wildman–Crippen LogP) is 2.58. The van der Waals surface area contributed by atoms with Crippen LogP contribution in [0.2, 0.25) is 0 Å². The monoisotopic (exact) mass is 404 g/mol. The number of hydrogen-bond donors (Lipinski definition) is 2. The summed E-state index contributed by atoms with van der Waals surface area (Å²) in [5, 5.41) is 11.1. The van der Waals surface area contributed by atoms with Gasteiger partial charge in [-0.3, -0.25) is 4.79 Å². The summed E-state index contributed by atoms with van der Waals surface area (Å²) in [5.41, 5.74) is 1.45. The van der Waals surface area contributed by atoms with Gasteiger partial charge in [0.05, 0.1) is 11.9 Å². The Kier molecular flexibility index (Phi) is 5.13. The van der Waals surface area contributed by atoms with Crippen molar-refractivity contribution in [1.82, 2.24) is 19.7 Å².